The van der Waals surface area contributed by atoms with Gasteiger partial charge >= 0.3 is 0 Å². The van der Waals surface area contributed by atoms with Crippen LogP contribution < -0.4 is 10.1 Å². The maximum Gasteiger partial charge on any atom is 0.118 e. The van der Waals surface area contributed by atoms with Gasteiger partial charge in [-0.1, -0.05) is 12.1 Å². The van der Waals surface area contributed by atoms with Gasteiger partial charge in [0.1, 0.15) is 5.75 Å². The van der Waals surface area contributed by atoms with E-state index < -0.39 is 0 Å². The number of ether oxygens (including phenoxy) is 1. The Morgan fingerprint density at radius 3 is 2.40 bits per heavy atom. The summed E-state index contributed by atoms with van der Waals surface area (Å²) in [6.07, 6.45) is 3.60. The fourth-order valence-corrected chi connectivity index (χ4v) is 2.02. The summed E-state index contributed by atoms with van der Waals surface area (Å²) in [5.41, 5.74) is 1.36. The Morgan fingerprint density at radius 2 is 1.80 bits per heavy atom. The van der Waals surface area contributed by atoms with E-state index in [0.717, 1.165) is 25.3 Å². The highest BCUT2D eigenvalue weighted by Crippen LogP contribution is 2.11. The predicted molar refractivity (Wildman–Crippen MR) is 86.6 cm³/mol. The summed E-state index contributed by atoms with van der Waals surface area (Å²) >= 11 is 0. The van der Waals surface area contributed by atoms with Crippen LogP contribution in [0.4, 0.5) is 0 Å². The molecule has 0 bridgehead atoms. The molecule has 0 radical (unpaired) electrons. The van der Waals surface area contributed by atoms with Crippen LogP contribution in [-0.2, 0) is 6.42 Å². The SMILES string of the molecule is COc1ccc(CCNCCCCN(C)C(C)C)cc1. The van der Waals surface area contributed by atoms with Crippen molar-refractivity contribution < 1.29 is 4.74 Å². The van der Waals surface area contributed by atoms with E-state index in [4.69, 9.17) is 4.74 Å². The smallest absolute Gasteiger partial charge is 0.118 e. The fourth-order valence-electron chi connectivity index (χ4n) is 2.02. The molecule has 3 nitrogen and oxygen atoms in total. The van der Waals surface area contributed by atoms with Gasteiger partial charge in [-0.15, -0.1) is 0 Å². The van der Waals surface area contributed by atoms with Crippen molar-refractivity contribution in [2.24, 2.45) is 0 Å². The Kier molecular flexibility index (Phi) is 8.31. The van der Waals surface area contributed by atoms with Gasteiger partial charge in [0.15, 0.2) is 0 Å². The van der Waals surface area contributed by atoms with E-state index in [1.54, 1.807) is 7.11 Å². The first-order valence-corrected chi connectivity index (χ1v) is 7.67. The highest BCUT2D eigenvalue weighted by molar-refractivity contribution is 5.27. The van der Waals surface area contributed by atoms with Crippen molar-refractivity contribution in [2.75, 3.05) is 33.8 Å². The number of methoxy groups -OCH3 is 1. The molecule has 0 aliphatic rings. The van der Waals surface area contributed by atoms with E-state index >= 15 is 0 Å². The largest absolute Gasteiger partial charge is 0.497 e. The van der Waals surface area contributed by atoms with Gasteiger partial charge in [-0.3, -0.25) is 0 Å². The highest BCUT2D eigenvalue weighted by Gasteiger charge is 2.01. The third kappa shape index (κ3) is 6.92. The molecule has 0 saturated carbocycles. The quantitative estimate of drug-likeness (QED) is 0.666. The molecular formula is C17H30N2O. The van der Waals surface area contributed by atoms with Crippen molar-refractivity contribution >= 4 is 0 Å². The van der Waals surface area contributed by atoms with E-state index in [9.17, 15) is 0 Å². The second kappa shape index (κ2) is 9.78. The first-order chi connectivity index (χ1) is 9.63. The summed E-state index contributed by atoms with van der Waals surface area (Å²) in [6.45, 7) is 7.84. The van der Waals surface area contributed by atoms with Crippen LogP contribution in [0.3, 0.4) is 0 Å². The van der Waals surface area contributed by atoms with Gasteiger partial charge in [0.05, 0.1) is 7.11 Å². The predicted octanol–water partition coefficient (Wildman–Crippen LogP) is 2.95. The number of nitrogens with zero attached hydrogens (tertiary/aromatic N) is 1. The fraction of sp³-hybridized carbons (Fsp3) is 0.647. The van der Waals surface area contributed by atoms with E-state index in [0.29, 0.717) is 6.04 Å². The molecule has 0 heterocycles. The van der Waals surface area contributed by atoms with Crippen LogP contribution in [0.5, 0.6) is 5.75 Å². The molecule has 114 valence electrons. The minimum Gasteiger partial charge on any atom is -0.497 e. The number of hydrogen-bond acceptors (Lipinski definition) is 3. The minimum atomic E-state index is 0.651. The third-order valence-corrected chi connectivity index (χ3v) is 3.75. The average Bonchev–Trinajstić information content (AvgIpc) is 2.46. The van der Waals surface area contributed by atoms with Gasteiger partial charge < -0.3 is 15.0 Å². The van der Waals surface area contributed by atoms with Gasteiger partial charge in [0.25, 0.3) is 0 Å². The highest BCUT2D eigenvalue weighted by atomic mass is 16.5. The summed E-state index contributed by atoms with van der Waals surface area (Å²) in [5.74, 6) is 0.927. The summed E-state index contributed by atoms with van der Waals surface area (Å²) in [4.78, 5) is 2.40. The number of benzene rings is 1. The molecule has 0 atom stereocenters. The van der Waals surface area contributed by atoms with Crippen molar-refractivity contribution in [1.82, 2.24) is 10.2 Å². The van der Waals surface area contributed by atoms with E-state index in [1.165, 1.54) is 24.9 Å². The van der Waals surface area contributed by atoms with Crippen LogP contribution >= 0.6 is 0 Å². The Hall–Kier alpha value is -1.06. The van der Waals surface area contributed by atoms with Gasteiger partial charge in [0, 0.05) is 6.04 Å². The molecular weight excluding hydrogens is 248 g/mol. The molecule has 0 saturated heterocycles. The van der Waals surface area contributed by atoms with Crippen LogP contribution in [0.15, 0.2) is 24.3 Å². The van der Waals surface area contributed by atoms with Gasteiger partial charge in [-0.2, -0.15) is 0 Å². The summed E-state index contributed by atoms with van der Waals surface area (Å²) < 4.78 is 5.16. The molecule has 0 amide bonds. The molecule has 0 spiro atoms. The molecule has 1 aromatic carbocycles. The molecule has 1 N–H and O–H groups in total. The zero-order valence-electron chi connectivity index (χ0n) is 13.5. The van der Waals surface area contributed by atoms with E-state index in [1.807, 2.05) is 12.1 Å². The van der Waals surface area contributed by atoms with Crippen LogP contribution in [0.25, 0.3) is 0 Å². The first kappa shape index (κ1) is 17.0. The lowest BCUT2D eigenvalue weighted by atomic mass is 10.1. The van der Waals surface area contributed by atoms with Gasteiger partial charge in [0.2, 0.25) is 0 Å². The number of rotatable bonds is 10. The lowest BCUT2D eigenvalue weighted by molar-refractivity contribution is 0.268. The normalized spacial score (nSPS) is 11.3. The summed E-state index contributed by atoms with van der Waals surface area (Å²) in [5, 5.41) is 3.52. The number of nitrogens with one attached hydrogen (secondary N) is 1. The Bertz CT molecular complexity index is 349. The Labute approximate surface area is 124 Å². The Morgan fingerprint density at radius 1 is 1.10 bits per heavy atom. The van der Waals surface area contributed by atoms with Crippen LogP contribution in [0.1, 0.15) is 32.3 Å². The van der Waals surface area contributed by atoms with Crippen LogP contribution in [-0.4, -0.2) is 44.7 Å². The van der Waals surface area contributed by atoms with Crippen molar-refractivity contribution in [2.45, 2.75) is 39.2 Å². The van der Waals surface area contributed by atoms with Crippen LogP contribution in [0.2, 0.25) is 0 Å². The lowest BCUT2D eigenvalue weighted by Gasteiger charge is -2.20. The molecule has 1 rings (SSSR count). The standard InChI is InChI=1S/C17H30N2O/c1-15(2)19(3)14-6-5-12-18-13-11-16-7-9-17(20-4)10-8-16/h7-10,15,18H,5-6,11-14H2,1-4H3. The second-order valence-electron chi connectivity index (χ2n) is 5.63. The van der Waals surface area contributed by atoms with Gasteiger partial charge in [-0.25, -0.2) is 0 Å². The van der Waals surface area contributed by atoms with E-state index in [2.05, 4.69) is 43.2 Å². The number of unbranched alkanes of at least 4 members (excludes halogenated alkanes) is 1. The summed E-state index contributed by atoms with van der Waals surface area (Å²) in [6, 6.07) is 8.97. The molecule has 0 aliphatic heterocycles. The molecule has 0 aliphatic carbocycles. The maximum absolute atomic E-state index is 5.16. The van der Waals surface area contributed by atoms with Crippen molar-refractivity contribution in [1.29, 1.82) is 0 Å². The van der Waals surface area contributed by atoms with Crippen molar-refractivity contribution in [3.05, 3.63) is 29.8 Å². The first-order valence-electron chi connectivity index (χ1n) is 7.67. The topological polar surface area (TPSA) is 24.5 Å². The van der Waals surface area contributed by atoms with Crippen molar-refractivity contribution in [3.8, 4) is 5.75 Å². The summed E-state index contributed by atoms with van der Waals surface area (Å²) in [7, 11) is 3.90. The molecule has 3 heteroatoms. The minimum absolute atomic E-state index is 0.651. The molecule has 0 aromatic heterocycles. The monoisotopic (exact) mass is 278 g/mol. The third-order valence-electron chi connectivity index (χ3n) is 3.75. The Balaban J connectivity index is 2.01. The molecule has 0 unspecified atom stereocenters. The zero-order chi connectivity index (χ0) is 14.8. The van der Waals surface area contributed by atoms with E-state index in [-0.39, 0.29) is 0 Å². The number of hydrogen-bond donors (Lipinski definition) is 1. The maximum atomic E-state index is 5.16. The van der Waals surface area contributed by atoms with Crippen LogP contribution in [0, 0.1) is 0 Å². The molecule has 20 heavy (non-hydrogen) atoms. The van der Waals surface area contributed by atoms with Gasteiger partial charge in [-0.05, 0) is 77.5 Å². The molecule has 0 fully saturated rings. The molecule has 1 aromatic rings. The van der Waals surface area contributed by atoms with Crippen molar-refractivity contribution in [3.63, 3.8) is 0 Å². The second-order valence-corrected chi connectivity index (χ2v) is 5.63. The average molecular weight is 278 g/mol. The zero-order valence-corrected chi connectivity index (χ0v) is 13.5. The lowest BCUT2D eigenvalue weighted by Crippen LogP contribution is -2.28.